The predicted octanol–water partition coefficient (Wildman–Crippen LogP) is 0.367. The Kier molecular flexibility index (Phi) is 6.52. The van der Waals surface area contributed by atoms with Gasteiger partial charge in [0.15, 0.2) is 0 Å². The summed E-state index contributed by atoms with van der Waals surface area (Å²) in [4.78, 5) is 11.2. The molecule has 0 aromatic heterocycles. The van der Waals surface area contributed by atoms with Gasteiger partial charge in [0, 0.05) is 37.6 Å². The average molecular weight is 216 g/mol. The Balaban J connectivity index is 3.44. The van der Waals surface area contributed by atoms with Crippen LogP contribution in [0.4, 0.5) is 0 Å². The zero-order valence-corrected chi connectivity index (χ0v) is 10.3. The summed E-state index contributed by atoms with van der Waals surface area (Å²) in [7, 11) is 0. The van der Waals surface area contributed by atoms with Crippen molar-refractivity contribution in [2.75, 3.05) is 26.2 Å². The van der Waals surface area contributed by atoms with Gasteiger partial charge in [0.1, 0.15) is 0 Å². The SMILES string of the molecule is CC(C)C(=O)NCCNCC(C)(C)CO. The van der Waals surface area contributed by atoms with Crippen LogP contribution in [0.1, 0.15) is 27.7 Å². The number of rotatable bonds is 7. The quantitative estimate of drug-likeness (QED) is 0.539. The van der Waals surface area contributed by atoms with Gasteiger partial charge < -0.3 is 15.7 Å². The van der Waals surface area contributed by atoms with Crippen LogP contribution in [-0.2, 0) is 4.79 Å². The second-order valence-electron chi connectivity index (χ2n) is 4.94. The molecule has 4 nitrogen and oxygen atoms in total. The van der Waals surface area contributed by atoms with Crippen LogP contribution in [0, 0.1) is 11.3 Å². The molecule has 3 N–H and O–H groups in total. The second-order valence-corrected chi connectivity index (χ2v) is 4.94. The molecule has 90 valence electrons. The smallest absolute Gasteiger partial charge is 0.222 e. The highest BCUT2D eigenvalue weighted by molar-refractivity contribution is 5.77. The number of aliphatic hydroxyl groups is 1. The van der Waals surface area contributed by atoms with Crippen LogP contribution in [0.5, 0.6) is 0 Å². The highest BCUT2D eigenvalue weighted by Crippen LogP contribution is 2.10. The third-order valence-electron chi connectivity index (χ3n) is 2.16. The Morgan fingerprint density at radius 1 is 1.33 bits per heavy atom. The van der Waals surface area contributed by atoms with Gasteiger partial charge >= 0.3 is 0 Å². The van der Waals surface area contributed by atoms with Crippen molar-refractivity contribution >= 4 is 5.91 Å². The predicted molar refractivity (Wildman–Crippen MR) is 61.6 cm³/mol. The summed E-state index contributed by atoms with van der Waals surface area (Å²) in [6, 6.07) is 0. The van der Waals surface area contributed by atoms with Crippen molar-refractivity contribution in [2.45, 2.75) is 27.7 Å². The molecular weight excluding hydrogens is 192 g/mol. The van der Waals surface area contributed by atoms with Crippen LogP contribution >= 0.6 is 0 Å². The third-order valence-corrected chi connectivity index (χ3v) is 2.16. The van der Waals surface area contributed by atoms with Crippen LogP contribution in [0.15, 0.2) is 0 Å². The summed E-state index contributed by atoms with van der Waals surface area (Å²) < 4.78 is 0. The minimum atomic E-state index is -0.0952. The van der Waals surface area contributed by atoms with Crippen LogP contribution in [0.2, 0.25) is 0 Å². The lowest BCUT2D eigenvalue weighted by atomic mass is 9.95. The summed E-state index contributed by atoms with van der Waals surface area (Å²) in [5, 5.41) is 15.0. The van der Waals surface area contributed by atoms with Gasteiger partial charge in [0.05, 0.1) is 0 Å². The van der Waals surface area contributed by atoms with Gasteiger partial charge in [0.2, 0.25) is 5.91 Å². The van der Waals surface area contributed by atoms with E-state index in [1.54, 1.807) is 0 Å². The van der Waals surface area contributed by atoms with E-state index in [1.807, 2.05) is 27.7 Å². The molecule has 0 heterocycles. The van der Waals surface area contributed by atoms with E-state index in [0.29, 0.717) is 6.54 Å². The zero-order chi connectivity index (χ0) is 11.9. The standard InChI is InChI=1S/C11H24N2O2/c1-9(2)10(15)13-6-5-12-7-11(3,4)8-14/h9,12,14H,5-8H2,1-4H3,(H,13,15). The number of carbonyl (C=O) groups excluding carboxylic acids is 1. The van der Waals surface area contributed by atoms with Gasteiger partial charge in [-0.15, -0.1) is 0 Å². The van der Waals surface area contributed by atoms with E-state index in [4.69, 9.17) is 5.11 Å². The van der Waals surface area contributed by atoms with E-state index >= 15 is 0 Å². The molecule has 1 amide bonds. The summed E-state index contributed by atoms with van der Waals surface area (Å²) in [6.45, 7) is 10.0. The van der Waals surface area contributed by atoms with Gasteiger partial charge in [-0.25, -0.2) is 0 Å². The fourth-order valence-electron chi connectivity index (χ4n) is 0.961. The molecule has 0 unspecified atom stereocenters. The number of aliphatic hydroxyl groups excluding tert-OH is 1. The maximum Gasteiger partial charge on any atom is 0.222 e. The monoisotopic (exact) mass is 216 g/mol. The molecule has 0 radical (unpaired) electrons. The highest BCUT2D eigenvalue weighted by atomic mass is 16.3. The molecule has 0 aromatic rings. The minimum Gasteiger partial charge on any atom is -0.396 e. The molecule has 0 aliphatic rings. The van der Waals surface area contributed by atoms with E-state index in [9.17, 15) is 4.79 Å². The largest absolute Gasteiger partial charge is 0.396 e. The number of nitrogens with one attached hydrogen (secondary N) is 2. The first-order chi connectivity index (χ1) is 6.89. The Morgan fingerprint density at radius 3 is 2.40 bits per heavy atom. The lowest BCUT2D eigenvalue weighted by Crippen LogP contribution is -2.38. The first-order valence-corrected chi connectivity index (χ1v) is 5.48. The fourth-order valence-corrected chi connectivity index (χ4v) is 0.961. The van der Waals surface area contributed by atoms with E-state index in [2.05, 4.69) is 10.6 Å². The Morgan fingerprint density at radius 2 is 1.93 bits per heavy atom. The molecule has 15 heavy (non-hydrogen) atoms. The van der Waals surface area contributed by atoms with Crippen LogP contribution in [0.3, 0.4) is 0 Å². The van der Waals surface area contributed by atoms with Crippen LogP contribution in [0.25, 0.3) is 0 Å². The fraction of sp³-hybridized carbons (Fsp3) is 0.909. The van der Waals surface area contributed by atoms with E-state index in [-0.39, 0.29) is 23.8 Å². The normalized spacial score (nSPS) is 11.9. The lowest BCUT2D eigenvalue weighted by Gasteiger charge is -2.22. The molecule has 0 aliphatic heterocycles. The Bertz CT molecular complexity index is 191. The molecule has 0 spiro atoms. The Labute approximate surface area is 92.4 Å². The van der Waals surface area contributed by atoms with Crippen molar-refractivity contribution < 1.29 is 9.90 Å². The molecule has 0 atom stereocenters. The molecule has 0 aromatic carbocycles. The van der Waals surface area contributed by atoms with Crippen molar-refractivity contribution in [2.24, 2.45) is 11.3 Å². The minimum absolute atomic E-state index is 0.0406. The van der Waals surface area contributed by atoms with Crippen LogP contribution < -0.4 is 10.6 Å². The number of hydrogen-bond acceptors (Lipinski definition) is 3. The summed E-state index contributed by atoms with van der Waals surface area (Å²) >= 11 is 0. The molecule has 0 rings (SSSR count). The maximum absolute atomic E-state index is 11.2. The molecule has 0 saturated heterocycles. The zero-order valence-electron chi connectivity index (χ0n) is 10.3. The highest BCUT2D eigenvalue weighted by Gasteiger charge is 2.15. The van der Waals surface area contributed by atoms with E-state index in [1.165, 1.54) is 0 Å². The number of hydrogen-bond donors (Lipinski definition) is 3. The number of carbonyl (C=O) groups is 1. The van der Waals surface area contributed by atoms with Gasteiger partial charge in [-0.05, 0) is 0 Å². The molecule has 0 bridgehead atoms. The summed E-state index contributed by atoms with van der Waals surface area (Å²) in [5.74, 6) is 0.122. The van der Waals surface area contributed by atoms with Crippen molar-refractivity contribution in [3.8, 4) is 0 Å². The average Bonchev–Trinajstić information content (AvgIpc) is 2.16. The maximum atomic E-state index is 11.2. The van der Waals surface area contributed by atoms with E-state index < -0.39 is 0 Å². The Hall–Kier alpha value is -0.610. The second kappa shape index (κ2) is 6.80. The van der Waals surface area contributed by atoms with Gasteiger partial charge in [-0.2, -0.15) is 0 Å². The van der Waals surface area contributed by atoms with Gasteiger partial charge in [-0.3, -0.25) is 4.79 Å². The van der Waals surface area contributed by atoms with Gasteiger partial charge in [-0.1, -0.05) is 27.7 Å². The van der Waals surface area contributed by atoms with Crippen molar-refractivity contribution in [3.05, 3.63) is 0 Å². The first-order valence-electron chi connectivity index (χ1n) is 5.48. The van der Waals surface area contributed by atoms with Crippen molar-refractivity contribution in [3.63, 3.8) is 0 Å². The van der Waals surface area contributed by atoms with Crippen LogP contribution in [-0.4, -0.2) is 37.3 Å². The molecular formula is C11H24N2O2. The first kappa shape index (κ1) is 14.4. The summed E-state index contributed by atoms with van der Waals surface area (Å²) in [6.07, 6.45) is 0. The van der Waals surface area contributed by atoms with E-state index in [0.717, 1.165) is 13.1 Å². The van der Waals surface area contributed by atoms with Crippen molar-refractivity contribution in [1.29, 1.82) is 0 Å². The van der Waals surface area contributed by atoms with Crippen molar-refractivity contribution in [1.82, 2.24) is 10.6 Å². The molecule has 4 heteroatoms. The molecule has 0 aliphatic carbocycles. The topological polar surface area (TPSA) is 61.4 Å². The third kappa shape index (κ3) is 7.33. The molecule has 0 saturated carbocycles. The lowest BCUT2D eigenvalue weighted by molar-refractivity contribution is -0.123. The van der Waals surface area contributed by atoms with Gasteiger partial charge in [0.25, 0.3) is 0 Å². The summed E-state index contributed by atoms with van der Waals surface area (Å²) in [5.41, 5.74) is -0.0952. The molecule has 0 fully saturated rings. The number of amides is 1.